The molecule has 0 aliphatic heterocycles. The molecule has 5 aromatic carbocycles. The molecule has 2 heterocycles. The lowest BCUT2D eigenvalue weighted by Gasteiger charge is -2.11. The molecule has 0 saturated carbocycles. The first-order chi connectivity index (χ1) is 18.7. The summed E-state index contributed by atoms with van der Waals surface area (Å²) in [5.74, 6) is 0.676. The minimum absolute atomic E-state index is 0.674. The van der Waals surface area contributed by atoms with Crippen molar-refractivity contribution in [3.63, 3.8) is 0 Å². The molecule has 4 heteroatoms. The maximum absolute atomic E-state index is 6.32. The molecule has 0 spiro atoms. The molecule has 0 unspecified atom stereocenters. The zero-order valence-corrected chi connectivity index (χ0v) is 21.1. The Hall–Kier alpha value is -4.73. The highest BCUT2D eigenvalue weighted by molar-refractivity contribution is 6.30. The summed E-state index contributed by atoms with van der Waals surface area (Å²) in [5, 5.41) is 2.91. The van der Waals surface area contributed by atoms with Crippen LogP contribution in [0.25, 0.3) is 67.0 Å². The molecule has 0 aliphatic rings. The normalized spacial score (nSPS) is 11.3. The lowest BCUT2D eigenvalue weighted by molar-refractivity contribution is 0.669. The molecule has 38 heavy (non-hydrogen) atoms. The van der Waals surface area contributed by atoms with Gasteiger partial charge in [0.25, 0.3) is 0 Å². The molecule has 7 aromatic rings. The minimum Gasteiger partial charge on any atom is -0.456 e. The Balaban J connectivity index is 1.37. The Morgan fingerprint density at radius 2 is 1.08 bits per heavy atom. The quantitative estimate of drug-likeness (QED) is 0.237. The molecule has 0 aliphatic carbocycles. The van der Waals surface area contributed by atoms with Crippen LogP contribution in [0.5, 0.6) is 0 Å². The van der Waals surface area contributed by atoms with E-state index in [1.165, 1.54) is 0 Å². The van der Waals surface area contributed by atoms with E-state index in [1.54, 1.807) is 0 Å². The number of rotatable bonds is 4. The van der Waals surface area contributed by atoms with Crippen LogP contribution in [-0.2, 0) is 0 Å². The van der Waals surface area contributed by atoms with Crippen molar-refractivity contribution in [1.29, 1.82) is 0 Å². The van der Waals surface area contributed by atoms with E-state index in [0.29, 0.717) is 10.8 Å². The Bertz CT molecular complexity index is 1940. The van der Waals surface area contributed by atoms with E-state index in [-0.39, 0.29) is 0 Å². The van der Waals surface area contributed by atoms with Crippen LogP contribution in [-0.4, -0.2) is 9.97 Å². The van der Waals surface area contributed by atoms with Crippen molar-refractivity contribution in [2.45, 2.75) is 0 Å². The number of halogens is 1. The van der Waals surface area contributed by atoms with Gasteiger partial charge in [-0.3, -0.25) is 0 Å². The second-order valence-corrected chi connectivity index (χ2v) is 9.66. The van der Waals surface area contributed by atoms with Crippen LogP contribution in [0.2, 0.25) is 5.02 Å². The fourth-order valence-electron chi connectivity index (χ4n) is 4.87. The number of aromatic nitrogens is 2. The molecule has 3 nitrogen and oxygen atoms in total. The van der Waals surface area contributed by atoms with E-state index >= 15 is 0 Å². The SMILES string of the molecule is Clc1cccc(-c2cc(-c3cccc(-c4ccc5oc6ccccc6c5c4)c3)nc(-c3ccccc3)n2)c1. The average Bonchev–Trinajstić information content (AvgIpc) is 3.35. The molecular formula is C34H21ClN2O. The first kappa shape index (κ1) is 22.5. The number of hydrogen-bond acceptors (Lipinski definition) is 3. The molecule has 0 N–H and O–H groups in total. The van der Waals surface area contributed by atoms with Gasteiger partial charge in [0.2, 0.25) is 0 Å². The van der Waals surface area contributed by atoms with E-state index in [0.717, 1.165) is 61.1 Å². The summed E-state index contributed by atoms with van der Waals surface area (Å²) < 4.78 is 6.03. The van der Waals surface area contributed by atoms with Crippen LogP contribution in [0.3, 0.4) is 0 Å². The molecule has 0 bridgehead atoms. The van der Waals surface area contributed by atoms with Gasteiger partial charge >= 0.3 is 0 Å². The smallest absolute Gasteiger partial charge is 0.160 e. The van der Waals surface area contributed by atoms with Gasteiger partial charge in [-0.05, 0) is 53.6 Å². The van der Waals surface area contributed by atoms with Gasteiger partial charge in [0.05, 0.1) is 11.4 Å². The van der Waals surface area contributed by atoms with Gasteiger partial charge in [0.1, 0.15) is 11.2 Å². The number of hydrogen-bond donors (Lipinski definition) is 0. The lowest BCUT2D eigenvalue weighted by Crippen LogP contribution is -1.96. The van der Waals surface area contributed by atoms with Crippen molar-refractivity contribution in [2.24, 2.45) is 0 Å². The second-order valence-electron chi connectivity index (χ2n) is 9.23. The predicted octanol–water partition coefficient (Wildman–Crippen LogP) is 9.70. The Kier molecular flexibility index (Phi) is 5.49. The first-order valence-corrected chi connectivity index (χ1v) is 12.8. The maximum Gasteiger partial charge on any atom is 0.160 e. The summed E-state index contributed by atoms with van der Waals surface area (Å²) in [6.07, 6.45) is 0. The van der Waals surface area contributed by atoms with Crippen LogP contribution in [0.1, 0.15) is 0 Å². The van der Waals surface area contributed by atoms with Gasteiger partial charge in [0.15, 0.2) is 5.82 Å². The standard InChI is InChI=1S/C34H21ClN2O/c35-27-13-7-12-26(19-27)31-21-30(36-34(37-31)22-8-2-1-3-9-22)25-11-6-10-23(18-25)24-16-17-33-29(20-24)28-14-4-5-15-32(28)38-33/h1-21H. The highest BCUT2D eigenvalue weighted by Gasteiger charge is 2.13. The minimum atomic E-state index is 0.674. The fraction of sp³-hybridized carbons (Fsp3) is 0. The zero-order valence-electron chi connectivity index (χ0n) is 20.3. The molecule has 0 amide bonds. The van der Waals surface area contributed by atoms with Crippen LogP contribution >= 0.6 is 11.6 Å². The number of benzene rings is 5. The van der Waals surface area contributed by atoms with Gasteiger partial charge in [-0.1, -0.05) is 96.5 Å². The number of fused-ring (bicyclic) bond motifs is 3. The Morgan fingerprint density at radius 3 is 1.89 bits per heavy atom. The third-order valence-corrected chi connectivity index (χ3v) is 6.98. The molecule has 0 saturated heterocycles. The van der Waals surface area contributed by atoms with Gasteiger partial charge in [-0.2, -0.15) is 0 Å². The monoisotopic (exact) mass is 508 g/mol. The van der Waals surface area contributed by atoms with Crippen molar-refractivity contribution in [1.82, 2.24) is 9.97 Å². The molecule has 0 radical (unpaired) electrons. The Labute approximate surface area is 225 Å². The van der Waals surface area contributed by atoms with Gasteiger partial charge in [-0.25, -0.2) is 9.97 Å². The summed E-state index contributed by atoms with van der Waals surface area (Å²) >= 11 is 6.32. The van der Waals surface area contributed by atoms with Crippen molar-refractivity contribution in [2.75, 3.05) is 0 Å². The van der Waals surface area contributed by atoms with Crippen molar-refractivity contribution < 1.29 is 4.42 Å². The van der Waals surface area contributed by atoms with Crippen molar-refractivity contribution in [3.8, 4) is 45.0 Å². The highest BCUT2D eigenvalue weighted by atomic mass is 35.5. The van der Waals surface area contributed by atoms with E-state index in [4.69, 9.17) is 26.0 Å². The van der Waals surface area contributed by atoms with Crippen molar-refractivity contribution >= 4 is 33.5 Å². The number of furan rings is 1. The summed E-state index contributed by atoms with van der Waals surface area (Å²) in [6, 6.07) is 42.8. The van der Waals surface area contributed by atoms with E-state index in [2.05, 4.69) is 42.5 Å². The third kappa shape index (κ3) is 4.13. The largest absolute Gasteiger partial charge is 0.456 e. The second kappa shape index (κ2) is 9.29. The predicted molar refractivity (Wildman–Crippen MR) is 156 cm³/mol. The van der Waals surface area contributed by atoms with Gasteiger partial charge in [-0.15, -0.1) is 0 Å². The summed E-state index contributed by atoms with van der Waals surface area (Å²) in [7, 11) is 0. The van der Waals surface area contributed by atoms with E-state index in [9.17, 15) is 0 Å². The fourth-order valence-corrected chi connectivity index (χ4v) is 5.06. The highest BCUT2D eigenvalue weighted by Crippen LogP contribution is 2.34. The third-order valence-electron chi connectivity index (χ3n) is 6.75. The summed E-state index contributed by atoms with van der Waals surface area (Å²) in [6.45, 7) is 0. The first-order valence-electron chi connectivity index (χ1n) is 12.4. The number of nitrogens with zero attached hydrogens (tertiary/aromatic N) is 2. The van der Waals surface area contributed by atoms with E-state index < -0.39 is 0 Å². The Morgan fingerprint density at radius 1 is 0.447 bits per heavy atom. The van der Waals surface area contributed by atoms with Crippen LogP contribution in [0.4, 0.5) is 0 Å². The van der Waals surface area contributed by atoms with Crippen LogP contribution in [0, 0.1) is 0 Å². The van der Waals surface area contributed by atoms with Gasteiger partial charge in [0, 0.05) is 32.5 Å². The molecule has 180 valence electrons. The molecule has 0 fully saturated rings. The number of para-hydroxylation sites is 1. The summed E-state index contributed by atoms with van der Waals surface area (Å²) in [4.78, 5) is 9.88. The van der Waals surface area contributed by atoms with E-state index in [1.807, 2.05) is 84.9 Å². The maximum atomic E-state index is 6.32. The van der Waals surface area contributed by atoms with Crippen molar-refractivity contribution in [3.05, 3.63) is 132 Å². The summed E-state index contributed by atoms with van der Waals surface area (Å²) in [5.41, 5.74) is 8.63. The topological polar surface area (TPSA) is 38.9 Å². The van der Waals surface area contributed by atoms with Crippen LogP contribution < -0.4 is 0 Å². The lowest BCUT2D eigenvalue weighted by atomic mass is 9.99. The average molecular weight is 509 g/mol. The molecule has 0 atom stereocenters. The van der Waals surface area contributed by atoms with Gasteiger partial charge < -0.3 is 4.42 Å². The van der Waals surface area contributed by atoms with Crippen LogP contribution in [0.15, 0.2) is 132 Å². The molecule has 7 rings (SSSR count). The zero-order chi connectivity index (χ0) is 25.5. The molecular weight excluding hydrogens is 488 g/mol. The molecule has 2 aromatic heterocycles.